The van der Waals surface area contributed by atoms with Gasteiger partial charge in [-0.05, 0) is 6.08 Å². The average molecular weight is 138 g/mol. The first-order chi connectivity index (χ1) is 4.84. The lowest BCUT2D eigenvalue weighted by Crippen LogP contribution is -2.16. The molecule has 0 aromatic rings. The Hall–Kier alpha value is -0.890. The largest absolute Gasteiger partial charge is 0.384 e. The Kier molecular flexibility index (Phi) is 2.40. The zero-order valence-corrected chi connectivity index (χ0v) is 5.91. The summed E-state index contributed by atoms with van der Waals surface area (Å²) < 4.78 is 4.85. The van der Waals surface area contributed by atoms with E-state index in [9.17, 15) is 4.79 Å². The molecule has 0 bridgehead atoms. The summed E-state index contributed by atoms with van der Waals surface area (Å²) in [4.78, 5) is 11.0. The molecule has 0 aromatic heterocycles. The van der Waals surface area contributed by atoms with Crippen LogP contribution in [0.5, 0.6) is 0 Å². The van der Waals surface area contributed by atoms with Crippen LogP contribution in [0.2, 0.25) is 0 Å². The molecule has 0 aliphatic heterocycles. The molecule has 0 fully saturated rings. The molecular formula is C8H10O2. The first-order valence-corrected chi connectivity index (χ1v) is 3.22. The number of carbonyl (C=O) groups excluding carboxylic acids is 1. The van der Waals surface area contributed by atoms with Gasteiger partial charge in [0.1, 0.15) is 0 Å². The minimum atomic E-state index is -0.0602. The van der Waals surface area contributed by atoms with Gasteiger partial charge in [-0.1, -0.05) is 18.2 Å². The third-order valence-corrected chi connectivity index (χ3v) is 1.43. The van der Waals surface area contributed by atoms with Crippen molar-refractivity contribution < 1.29 is 9.53 Å². The second kappa shape index (κ2) is 3.32. The SMILES string of the molecule is COCC1C=CC=CC1=O. The molecular weight excluding hydrogens is 128 g/mol. The van der Waals surface area contributed by atoms with E-state index in [1.165, 1.54) is 0 Å². The molecule has 1 aliphatic carbocycles. The maximum atomic E-state index is 11.0. The predicted molar refractivity (Wildman–Crippen MR) is 38.7 cm³/mol. The number of allylic oxidation sites excluding steroid dienone is 3. The summed E-state index contributed by atoms with van der Waals surface area (Å²) in [6, 6.07) is 0. The van der Waals surface area contributed by atoms with Crippen LogP contribution in [0.15, 0.2) is 24.3 Å². The molecule has 54 valence electrons. The standard InChI is InChI=1S/C8H10O2/c1-10-6-7-4-2-3-5-8(7)9/h2-5,7H,6H2,1H3. The van der Waals surface area contributed by atoms with E-state index in [1.807, 2.05) is 12.2 Å². The lowest BCUT2D eigenvalue weighted by Gasteiger charge is -2.08. The molecule has 0 saturated heterocycles. The van der Waals surface area contributed by atoms with Gasteiger partial charge in [0.05, 0.1) is 12.5 Å². The van der Waals surface area contributed by atoms with E-state index >= 15 is 0 Å². The van der Waals surface area contributed by atoms with Gasteiger partial charge in [-0.25, -0.2) is 0 Å². The molecule has 0 saturated carbocycles. The lowest BCUT2D eigenvalue weighted by atomic mass is 10.0. The highest BCUT2D eigenvalue weighted by Gasteiger charge is 2.13. The van der Waals surface area contributed by atoms with E-state index in [0.29, 0.717) is 6.61 Å². The summed E-state index contributed by atoms with van der Waals surface area (Å²) >= 11 is 0. The molecule has 1 unspecified atom stereocenters. The van der Waals surface area contributed by atoms with Crippen molar-refractivity contribution in [1.82, 2.24) is 0 Å². The van der Waals surface area contributed by atoms with E-state index in [2.05, 4.69) is 0 Å². The first kappa shape index (κ1) is 7.22. The summed E-state index contributed by atoms with van der Waals surface area (Å²) in [5.41, 5.74) is 0. The van der Waals surface area contributed by atoms with E-state index in [0.717, 1.165) is 0 Å². The van der Waals surface area contributed by atoms with E-state index < -0.39 is 0 Å². The number of carbonyl (C=O) groups is 1. The van der Waals surface area contributed by atoms with Crippen LogP contribution in [0, 0.1) is 5.92 Å². The summed E-state index contributed by atoms with van der Waals surface area (Å²) in [5.74, 6) is 0.0688. The Labute approximate surface area is 60.2 Å². The molecule has 2 heteroatoms. The Morgan fingerprint density at radius 1 is 1.60 bits per heavy atom. The number of hydrogen-bond donors (Lipinski definition) is 0. The zero-order chi connectivity index (χ0) is 7.40. The van der Waals surface area contributed by atoms with Crippen molar-refractivity contribution in [1.29, 1.82) is 0 Å². The second-order valence-corrected chi connectivity index (χ2v) is 2.21. The lowest BCUT2D eigenvalue weighted by molar-refractivity contribution is -0.118. The number of methoxy groups -OCH3 is 1. The van der Waals surface area contributed by atoms with E-state index in [-0.39, 0.29) is 11.7 Å². The minimum Gasteiger partial charge on any atom is -0.384 e. The molecule has 10 heavy (non-hydrogen) atoms. The van der Waals surface area contributed by atoms with Crippen molar-refractivity contribution in [3.8, 4) is 0 Å². The molecule has 1 rings (SSSR count). The van der Waals surface area contributed by atoms with Crippen molar-refractivity contribution in [2.45, 2.75) is 0 Å². The third-order valence-electron chi connectivity index (χ3n) is 1.43. The molecule has 0 radical (unpaired) electrons. The summed E-state index contributed by atoms with van der Waals surface area (Å²) in [7, 11) is 1.60. The van der Waals surface area contributed by atoms with Crippen molar-refractivity contribution in [3.63, 3.8) is 0 Å². The van der Waals surface area contributed by atoms with Gasteiger partial charge in [0.15, 0.2) is 5.78 Å². The van der Waals surface area contributed by atoms with Gasteiger partial charge < -0.3 is 4.74 Å². The molecule has 1 aliphatic rings. The Morgan fingerprint density at radius 3 is 3.00 bits per heavy atom. The molecule has 2 nitrogen and oxygen atoms in total. The molecule has 0 aromatic carbocycles. The highest BCUT2D eigenvalue weighted by molar-refractivity contribution is 5.94. The smallest absolute Gasteiger partial charge is 0.164 e. The van der Waals surface area contributed by atoms with Crippen LogP contribution in [0.1, 0.15) is 0 Å². The minimum absolute atomic E-state index is 0.0602. The fourth-order valence-corrected chi connectivity index (χ4v) is 0.884. The molecule has 0 spiro atoms. The molecule has 0 heterocycles. The summed E-state index contributed by atoms with van der Waals surface area (Å²) in [6.07, 6.45) is 7.04. The maximum absolute atomic E-state index is 11.0. The topological polar surface area (TPSA) is 26.3 Å². The zero-order valence-electron chi connectivity index (χ0n) is 5.91. The number of hydrogen-bond acceptors (Lipinski definition) is 2. The van der Waals surface area contributed by atoms with Crippen LogP contribution in [0.3, 0.4) is 0 Å². The van der Waals surface area contributed by atoms with Crippen molar-refractivity contribution in [3.05, 3.63) is 24.3 Å². The Morgan fingerprint density at radius 2 is 2.40 bits per heavy atom. The van der Waals surface area contributed by atoms with Gasteiger partial charge in [-0.15, -0.1) is 0 Å². The highest BCUT2D eigenvalue weighted by Crippen LogP contribution is 2.07. The second-order valence-electron chi connectivity index (χ2n) is 2.21. The van der Waals surface area contributed by atoms with Crippen LogP contribution >= 0.6 is 0 Å². The fourth-order valence-electron chi connectivity index (χ4n) is 0.884. The van der Waals surface area contributed by atoms with Crippen LogP contribution in [0.25, 0.3) is 0 Å². The quantitative estimate of drug-likeness (QED) is 0.567. The highest BCUT2D eigenvalue weighted by atomic mass is 16.5. The monoisotopic (exact) mass is 138 g/mol. The van der Waals surface area contributed by atoms with E-state index in [1.54, 1.807) is 19.3 Å². The predicted octanol–water partition coefficient (Wildman–Crippen LogP) is 0.944. The Bertz CT molecular complexity index is 180. The van der Waals surface area contributed by atoms with Gasteiger partial charge in [-0.2, -0.15) is 0 Å². The number of rotatable bonds is 2. The molecule has 0 N–H and O–H groups in total. The number of ether oxygens (including phenoxy) is 1. The summed E-state index contributed by atoms with van der Waals surface area (Å²) in [5, 5.41) is 0. The van der Waals surface area contributed by atoms with Gasteiger partial charge >= 0.3 is 0 Å². The fraction of sp³-hybridized carbons (Fsp3) is 0.375. The normalized spacial score (nSPS) is 23.7. The van der Waals surface area contributed by atoms with Gasteiger partial charge in [0, 0.05) is 7.11 Å². The van der Waals surface area contributed by atoms with Gasteiger partial charge in [-0.3, -0.25) is 4.79 Å². The van der Waals surface area contributed by atoms with Crippen molar-refractivity contribution in [2.75, 3.05) is 13.7 Å². The summed E-state index contributed by atoms with van der Waals surface area (Å²) in [6.45, 7) is 0.486. The van der Waals surface area contributed by atoms with E-state index in [4.69, 9.17) is 4.74 Å². The van der Waals surface area contributed by atoms with Crippen molar-refractivity contribution in [2.24, 2.45) is 5.92 Å². The molecule has 1 atom stereocenters. The average Bonchev–Trinajstić information content (AvgIpc) is 1.94. The number of ketones is 1. The van der Waals surface area contributed by atoms with Crippen LogP contribution in [-0.4, -0.2) is 19.5 Å². The van der Waals surface area contributed by atoms with Crippen molar-refractivity contribution >= 4 is 5.78 Å². The first-order valence-electron chi connectivity index (χ1n) is 3.22. The maximum Gasteiger partial charge on any atom is 0.164 e. The third kappa shape index (κ3) is 1.54. The Balaban J connectivity index is 2.53. The molecule has 0 amide bonds. The van der Waals surface area contributed by atoms with Gasteiger partial charge in [0.25, 0.3) is 0 Å². The van der Waals surface area contributed by atoms with Crippen LogP contribution in [0.4, 0.5) is 0 Å². The van der Waals surface area contributed by atoms with Gasteiger partial charge in [0.2, 0.25) is 0 Å². The van der Waals surface area contributed by atoms with Crippen LogP contribution < -0.4 is 0 Å². The van der Waals surface area contributed by atoms with Crippen LogP contribution in [-0.2, 0) is 9.53 Å².